The van der Waals surface area contributed by atoms with Crippen LogP contribution in [0, 0.1) is 17.6 Å². The molecule has 2 aliphatic rings. The van der Waals surface area contributed by atoms with Crippen LogP contribution in [0.2, 0.25) is 0 Å². The van der Waals surface area contributed by atoms with Gasteiger partial charge >= 0.3 is 0 Å². The van der Waals surface area contributed by atoms with E-state index in [1.807, 2.05) is 25.1 Å². The van der Waals surface area contributed by atoms with Crippen LogP contribution in [0.25, 0.3) is 0 Å². The first-order chi connectivity index (χ1) is 13.0. The molecule has 1 saturated carbocycles. The highest BCUT2D eigenvalue weighted by molar-refractivity contribution is 5.76. The Labute approximate surface area is 156 Å². The molecule has 4 rings (SSSR count). The zero-order valence-corrected chi connectivity index (χ0v) is 15.1. The summed E-state index contributed by atoms with van der Waals surface area (Å²) < 4.78 is 38.0. The number of hydrogen-bond acceptors (Lipinski definition) is 3. The van der Waals surface area contributed by atoms with Crippen LogP contribution >= 0.6 is 0 Å². The van der Waals surface area contributed by atoms with Gasteiger partial charge < -0.3 is 14.8 Å². The van der Waals surface area contributed by atoms with Gasteiger partial charge in [0.15, 0.2) is 11.5 Å². The van der Waals surface area contributed by atoms with E-state index in [2.05, 4.69) is 5.32 Å². The van der Waals surface area contributed by atoms with Gasteiger partial charge in [-0.25, -0.2) is 8.78 Å². The second-order valence-corrected chi connectivity index (χ2v) is 7.35. The third-order valence-electron chi connectivity index (χ3n) is 5.60. The van der Waals surface area contributed by atoms with Gasteiger partial charge in [0.2, 0.25) is 12.7 Å². The SMILES string of the molecule is CC1CC1(CNC(=O)CCc1ccc2c(c1)OCO2)c1ccc(F)cc1F. The van der Waals surface area contributed by atoms with E-state index >= 15 is 0 Å². The van der Waals surface area contributed by atoms with E-state index in [1.165, 1.54) is 12.1 Å². The summed E-state index contributed by atoms with van der Waals surface area (Å²) in [6.07, 6.45) is 1.68. The molecule has 2 aromatic carbocycles. The summed E-state index contributed by atoms with van der Waals surface area (Å²) in [7, 11) is 0. The van der Waals surface area contributed by atoms with Gasteiger partial charge in [-0.15, -0.1) is 0 Å². The maximum absolute atomic E-state index is 14.2. The average molecular weight is 373 g/mol. The fourth-order valence-electron chi connectivity index (χ4n) is 3.80. The number of carbonyl (C=O) groups excluding carboxylic acids is 1. The fraction of sp³-hybridized carbons (Fsp3) is 0.381. The minimum Gasteiger partial charge on any atom is -0.454 e. The van der Waals surface area contributed by atoms with Crippen molar-refractivity contribution in [3.05, 3.63) is 59.2 Å². The van der Waals surface area contributed by atoms with Crippen molar-refractivity contribution >= 4 is 5.91 Å². The van der Waals surface area contributed by atoms with Crippen molar-refractivity contribution in [2.24, 2.45) is 5.92 Å². The second kappa shape index (κ2) is 6.83. The van der Waals surface area contributed by atoms with Crippen LogP contribution in [0.15, 0.2) is 36.4 Å². The third-order valence-corrected chi connectivity index (χ3v) is 5.60. The molecule has 2 unspecified atom stereocenters. The number of carbonyl (C=O) groups is 1. The Morgan fingerprint density at radius 3 is 2.70 bits per heavy atom. The first-order valence-electron chi connectivity index (χ1n) is 9.09. The van der Waals surface area contributed by atoms with E-state index in [1.54, 1.807) is 0 Å². The Hall–Kier alpha value is -2.63. The Bertz CT molecular complexity index is 886. The third kappa shape index (κ3) is 3.48. The van der Waals surface area contributed by atoms with Crippen molar-refractivity contribution in [3.63, 3.8) is 0 Å². The molecule has 1 heterocycles. The second-order valence-electron chi connectivity index (χ2n) is 7.35. The summed E-state index contributed by atoms with van der Waals surface area (Å²) in [5, 5.41) is 2.92. The standard InChI is InChI=1S/C21H21F2NO3/c1-13-10-21(13,16-5-4-15(22)9-17(16)23)11-24-20(25)7-3-14-2-6-18-19(8-14)27-12-26-18/h2,4-6,8-9,13H,3,7,10-12H2,1H3,(H,24,25). The van der Waals surface area contributed by atoms with Gasteiger partial charge in [0.1, 0.15) is 11.6 Å². The molecule has 1 fully saturated rings. The minimum absolute atomic E-state index is 0.0892. The molecular weight excluding hydrogens is 352 g/mol. The van der Waals surface area contributed by atoms with Gasteiger partial charge in [0, 0.05) is 24.4 Å². The Morgan fingerprint density at radius 2 is 1.96 bits per heavy atom. The Balaban J connectivity index is 1.34. The normalized spacial score (nSPS) is 22.6. The van der Waals surface area contributed by atoms with Crippen molar-refractivity contribution in [1.29, 1.82) is 0 Å². The van der Waals surface area contributed by atoms with E-state index in [4.69, 9.17) is 9.47 Å². The van der Waals surface area contributed by atoms with Crippen LogP contribution in [0.4, 0.5) is 8.78 Å². The van der Waals surface area contributed by atoms with E-state index in [-0.39, 0.29) is 18.6 Å². The average Bonchev–Trinajstić information content (AvgIpc) is 3.07. The van der Waals surface area contributed by atoms with Crippen molar-refractivity contribution < 1.29 is 23.0 Å². The van der Waals surface area contributed by atoms with Gasteiger partial charge in [-0.1, -0.05) is 19.1 Å². The largest absolute Gasteiger partial charge is 0.454 e. The highest BCUT2D eigenvalue weighted by Crippen LogP contribution is 2.54. The number of hydrogen-bond donors (Lipinski definition) is 1. The van der Waals surface area contributed by atoms with Gasteiger partial charge in [0.05, 0.1) is 0 Å². The van der Waals surface area contributed by atoms with Crippen molar-refractivity contribution in [1.82, 2.24) is 5.32 Å². The van der Waals surface area contributed by atoms with E-state index in [0.717, 1.165) is 18.1 Å². The molecule has 142 valence electrons. The van der Waals surface area contributed by atoms with E-state index in [9.17, 15) is 13.6 Å². The number of nitrogens with one attached hydrogen (secondary N) is 1. The lowest BCUT2D eigenvalue weighted by Crippen LogP contribution is -2.34. The maximum Gasteiger partial charge on any atom is 0.231 e. The van der Waals surface area contributed by atoms with Gasteiger partial charge in [-0.2, -0.15) is 0 Å². The molecule has 0 radical (unpaired) electrons. The van der Waals surface area contributed by atoms with Crippen molar-refractivity contribution in [3.8, 4) is 11.5 Å². The lowest BCUT2D eigenvalue weighted by atomic mass is 9.92. The summed E-state index contributed by atoms with van der Waals surface area (Å²) in [5.41, 5.74) is 1.03. The molecule has 1 aliphatic heterocycles. The molecule has 0 spiro atoms. The molecule has 1 N–H and O–H groups in total. The number of halogens is 2. The number of aryl methyl sites for hydroxylation is 1. The summed E-state index contributed by atoms with van der Waals surface area (Å²) in [5.74, 6) is 0.432. The van der Waals surface area contributed by atoms with Crippen LogP contribution in [0.5, 0.6) is 11.5 Å². The van der Waals surface area contributed by atoms with Crippen LogP contribution in [-0.4, -0.2) is 19.2 Å². The molecule has 2 atom stereocenters. The number of ether oxygens (including phenoxy) is 2. The van der Waals surface area contributed by atoms with Crippen molar-refractivity contribution in [2.75, 3.05) is 13.3 Å². The number of amides is 1. The highest BCUT2D eigenvalue weighted by atomic mass is 19.1. The summed E-state index contributed by atoms with van der Waals surface area (Å²) >= 11 is 0. The van der Waals surface area contributed by atoms with E-state index in [0.29, 0.717) is 36.4 Å². The summed E-state index contributed by atoms with van der Waals surface area (Å²) in [6.45, 7) is 2.59. The van der Waals surface area contributed by atoms with Crippen molar-refractivity contribution in [2.45, 2.75) is 31.6 Å². The molecule has 0 saturated heterocycles. The quantitative estimate of drug-likeness (QED) is 0.840. The minimum atomic E-state index is -0.590. The monoisotopic (exact) mass is 373 g/mol. The van der Waals surface area contributed by atoms with Gasteiger partial charge in [-0.3, -0.25) is 4.79 Å². The molecule has 6 heteroatoms. The topological polar surface area (TPSA) is 47.6 Å². The number of fused-ring (bicyclic) bond motifs is 1. The van der Waals surface area contributed by atoms with E-state index < -0.39 is 17.0 Å². The smallest absolute Gasteiger partial charge is 0.231 e. The van der Waals surface area contributed by atoms with Gasteiger partial charge in [-0.05, 0) is 48.1 Å². The highest BCUT2D eigenvalue weighted by Gasteiger charge is 2.53. The molecule has 2 aromatic rings. The molecule has 0 aromatic heterocycles. The van der Waals surface area contributed by atoms with Crippen LogP contribution in [-0.2, 0) is 16.6 Å². The molecule has 1 aliphatic carbocycles. The lowest BCUT2D eigenvalue weighted by Gasteiger charge is -2.19. The Kier molecular flexibility index (Phi) is 4.50. The lowest BCUT2D eigenvalue weighted by molar-refractivity contribution is -0.121. The fourth-order valence-corrected chi connectivity index (χ4v) is 3.80. The first-order valence-corrected chi connectivity index (χ1v) is 9.09. The predicted molar refractivity (Wildman–Crippen MR) is 95.7 cm³/mol. The zero-order valence-electron chi connectivity index (χ0n) is 15.1. The van der Waals surface area contributed by atoms with Crippen LogP contribution in [0.3, 0.4) is 0 Å². The maximum atomic E-state index is 14.2. The molecule has 1 amide bonds. The predicted octanol–water partition coefficient (Wildman–Crippen LogP) is 3.72. The number of rotatable bonds is 6. The van der Waals surface area contributed by atoms with Crippen LogP contribution in [0.1, 0.15) is 30.9 Å². The van der Waals surface area contributed by atoms with Gasteiger partial charge in [0.25, 0.3) is 0 Å². The molecule has 27 heavy (non-hydrogen) atoms. The number of benzene rings is 2. The molecule has 4 nitrogen and oxygen atoms in total. The first kappa shape index (κ1) is 17.8. The zero-order chi connectivity index (χ0) is 19.0. The molecule has 0 bridgehead atoms. The summed E-state index contributed by atoms with van der Waals surface area (Å²) in [6, 6.07) is 9.31. The van der Waals surface area contributed by atoms with Crippen LogP contribution < -0.4 is 14.8 Å². The summed E-state index contributed by atoms with van der Waals surface area (Å²) in [4.78, 5) is 12.3. The molecular formula is C21H21F2NO3. The Morgan fingerprint density at radius 1 is 1.19 bits per heavy atom.